The fourth-order valence-corrected chi connectivity index (χ4v) is 2.88. The Balaban J connectivity index is 0. The van der Waals surface area contributed by atoms with Crippen molar-refractivity contribution in [3.05, 3.63) is 0 Å². The van der Waals surface area contributed by atoms with Crippen LogP contribution in [0.15, 0.2) is 0 Å². The minimum Gasteiger partial charge on any atom is -0.394 e. The lowest BCUT2D eigenvalue weighted by atomic mass is 10.4. The zero-order chi connectivity index (χ0) is 15.9. The molecule has 19 heavy (non-hydrogen) atoms. The number of rotatable bonds is 6. The molecule has 0 aliphatic carbocycles. The largest absolute Gasteiger partial charge is 0.490 e. The number of aliphatic hydroxyl groups is 3. The average Bonchev–Trinajstić information content (AvgIpc) is 2.09. The maximum Gasteiger partial charge on any atom is 0.490 e. The van der Waals surface area contributed by atoms with Crippen molar-refractivity contribution in [2.24, 2.45) is 0 Å². The zero-order valence-electron chi connectivity index (χ0n) is 8.95. The van der Waals surface area contributed by atoms with E-state index in [0.29, 0.717) is 0 Å². The molecule has 0 amide bonds. The van der Waals surface area contributed by atoms with Gasteiger partial charge in [-0.05, 0) is 0 Å². The summed E-state index contributed by atoms with van der Waals surface area (Å²) >= 11 is 0. The summed E-state index contributed by atoms with van der Waals surface area (Å²) in [7, 11) is -16.2. The van der Waals surface area contributed by atoms with Crippen LogP contribution >= 0.6 is 23.5 Å². The molecule has 0 unspecified atom stereocenters. The van der Waals surface area contributed by atoms with Crippen LogP contribution in [0.2, 0.25) is 0 Å². The van der Waals surface area contributed by atoms with Crippen LogP contribution in [0.4, 0.5) is 0 Å². The van der Waals surface area contributed by atoms with E-state index in [1.165, 1.54) is 0 Å². The molecule has 0 aromatic heterocycles. The Morgan fingerprint density at radius 3 is 1.16 bits per heavy atom. The molecule has 0 aromatic rings. The van der Waals surface area contributed by atoms with Crippen LogP contribution in [0.5, 0.6) is 0 Å². The van der Waals surface area contributed by atoms with Crippen LogP contribution in [0.3, 0.4) is 0 Å². The molecule has 0 bridgehead atoms. The maximum absolute atomic E-state index is 10.4. The Labute approximate surface area is 106 Å². The van der Waals surface area contributed by atoms with Crippen LogP contribution < -0.4 is 0 Å². The highest BCUT2D eigenvalue weighted by molar-refractivity contribution is 7.66. The SMILES string of the molecule is O=P(O)(O)OP(=O)(O)OP(=O)(O)O.OCC(O)CO. The van der Waals surface area contributed by atoms with E-state index in [1.807, 2.05) is 0 Å². The Bertz CT molecular complexity index is 347. The van der Waals surface area contributed by atoms with Gasteiger partial charge in [0.05, 0.1) is 13.2 Å². The van der Waals surface area contributed by atoms with Crippen molar-refractivity contribution >= 4 is 23.5 Å². The van der Waals surface area contributed by atoms with E-state index in [9.17, 15) is 13.7 Å². The summed E-state index contributed by atoms with van der Waals surface area (Å²) in [6, 6.07) is 0. The molecular formula is C3H13O13P3. The van der Waals surface area contributed by atoms with E-state index in [-0.39, 0.29) is 13.2 Å². The van der Waals surface area contributed by atoms with Gasteiger partial charge >= 0.3 is 23.5 Å². The molecule has 118 valence electrons. The molecule has 0 saturated carbocycles. The monoisotopic (exact) mass is 350 g/mol. The Hall–Kier alpha value is 0.290. The van der Waals surface area contributed by atoms with Gasteiger partial charge in [-0.3, -0.25) is 0 Å². The molecule has 0 spiro atoms. The summed E-state index contributed by atoms with van der Waals surface area (Å²) in [4.78, 5) is 40.2. The van der Waals surface area contributed by atoms with Gasteiger partial charge in [-0.1, -0.05) is 0 Å². The normalized spacial score (nSPS) is 13.1. The second kappa shape index (κ2) is 8.55. The van der Waals surface area contributed by atoms with Crippen molar-refractivity contribution in [2.75, 3.05) is 13.2 Å². The van der Waals surface area contributed by atoms with Gasteiger partial charge in [0.25, 0.3) is 0 Å². The number of hydrogen-bond donors (Lipinski definition) is 8. The smallest absolute Gasteiger partial charge is 0.394 e. The van der Waals surface area contributed by atoms with E-state index in [1.54, 1.807) is 0 Å². The molecule has 0 fully saturated rings. The number of hydrogen-bond acceptors (Lipinski definition) is 8. The van der Waals surface area contributed by atoms with Crippen LogP contribution in [-0.4, -0.2) is 59.1 Å². The molecule has 0 radical (unpaired) electrons. The molecule has 0 saturated heterocycles. The second-order valence-electron chi connectivity index (χ2n) is 2.63. The molecule has 0 aliphatic rings. The highest BCUT2D eigenvalue weighted by atomic mass is 31.3. The van der Waals surface area contributed by atoms with Crippen molar-refractivity contribution in [3.8, 4) is 0 Å². The van der Waals surface area contributed by atoms with Crippen molar-refractivity contribution < 1.29 is 62.1 Å². The average molecular weight is 350 g/mol. The first-order valence-corrected chi connectivity index (χ1v) is 8.54. The first-order chi connectivity index (χ1) is 8.22. The lowest BCUT2D eigenvalue weighted by Crippen LogP contribution is -2.15. The predicted octanol–water partition coefficient (Wildman–Crippen LogP) is -2.36. The van der Waals surface area contributed by atoms with Gasteiger partial charge in [0.2, 0.25) is 0 Å². The van der Waals surface area contributed by atoms with E-state index in [0.717, 1.165) is 0 Å². The Morgan fingerprint density at radius 2 is 1.05 bits per heavy atom. The highest BCUT2D eigenvalue weighted by Crippen LogP contribution is 2.64. The summed E-state index contributed by atoms with van der Waals surface area (Å²) < 4.78 is 36.4. The fourth-order valence-electron chi connectivity index (χ4n) is 0.341. The second-order valence-corrected chi connectivity index (χ2v) is 6.84. The van der Waals surface area contributed by atoms with Crippen molar-refractivity contribution in [3.63, 3.8) is 0 Å². The van der Waals surface area contributed by atoms with E-state index in [2.05, 4.69) is 8.62 Å². The topological polar surface area (TPSA) is 232 Å². The maximum atomic E-state index is 10.4. The van der Waals surface area contributed by atoms with Gasteiger partial charge in [0, 0.05) is 0 Å². The predicted molar refractivity (Wildman–Crippen MR) is 56.3 cm³/mol. The number of aliphatic hydroxyl groups excluding tert-OH is 3. The molecule has 0 aliphatic heterocycles. The van der Waals surface area contributed by atoms with E-state index in [4.69, 9.17) is 39.8 Å². The van der Waals surface area contributed by atoms with E-state index < -0.39 is 29.6 Å². The quantitative estimate of drug-likeness (QED) is 0.234. The lowest BCUT2D eigenvalue weighted by molar-refractivity contribution is 0.0450. The third-order valence-corrected chi connectivity index (χ3v) is 4.19. The van der Waals surface area contributed by atoms with E-state index >= 15 is 0 Å². The fraction of sp³-hybridized carbons (Fsp3) is 1.00. The summed E-state index contributed by atoms with van der Waals surface area (Å²) in [5.41, 5.74) is 0. The molecule has 8 N–H and O–H groups in total. The molecular weight excluding hydrogens is 337 g/mol. The first kappa shape index (κ1) is 21.6. The van der Waals surface area contributed by atoms with Gasteiger partial charge in [0.15, 0.2) is 0 Å². The first-order valence-electron chi connectivity index (χ1n) is 3.99. The Kier molecular flexibility index (Phi) is 9.71. The molecule has 0 heterocycles. The molecule has 0 atom stereocenters. The van der Waals surface area contributed by atoms with Crippen molar-refractivity contribution in [2.45, 2.75) is 6.10 Å². The van der Waals surface area contributed by atoms with Gasteiger partial charge in [0.1, 0.15) is 6.10 Å². The van der Waals surface area contributed by atoms with Gasteiger partial charge in [-0.25, -0.2) is 13.7 Å². The van der Waals surface area contributed by atoms with Crippen molar-refractivity contribution in [1.82, 2.24) is 0 Å². The molecule has 16 heteroatoms. The minimum atomic E-state index is -5.46. The van der Waals surface area contributed by atoms with Crippen molar-refractivity contribution in [1.29, 1.82) is 0 Å². The minimum absolute atomic E-state index is 0.365. The molecule has 0 aromatic carbocycles. The lowest BCUT2D eigenvalue weighted by Gasteiger charge is -2.11. The zero-order valence-corrected chi connectivity index (χ0v) is 11.6. The summed E-state index contributed by atoms with van der Waals surface area (Å²) in [5.74, 6) is 0. The summed E-state index contributed by atoms with van der Waals surface area (Å²) in [5, 5.41) is 24.0. The van der Waals surface area contributed by atoms with Gasteiger partial charge < -0.3 is 39.8 Å². The third-order valence-electron chi connectivity index (χ3n) is 0.841. The number of phosphoric acid groups is 3. The molecule has 0 rings (SSSR count). The summed E-state index contributed by atoms with van der Waals surface area (Å²) in [6.07, 6.45) is -0.954. The van der Waals surface area contributed by atoms with Gasteiger partial charge in [-0.2, -0.15) is 8.62 Å². The third kappa shape index (κ3) is 18.3. The van der Waals surface area contributed by atoms with Crippen LogP contribution in [0, 0.1) is 0 Å². The summed E-state index contributed by atoms with van der Waals surface area (Å²) in [6.45, 7) is -0.729. The van der Waals surface area contributed by atoms with Crippen LogP contribution in [0.1, 0.15) is 0 Å². The standard InChI is InChI=1S/C3H8O3.H5O10P3/c4-1-3(6)2-5;1-11(2,3)9-13(7,8)10-12(4,5)6/h3-6H,1-2H2;(H,7,8)(H2,1,2,3)(H2,4,5,6). The highest BCUT2D eigenvalue weighted by Gasteiger charge is 2.38. The van der Waals surface area contributed by atoms with Crippen LogP contribution in [0.25, 0.3) is 0 Å². The van der Waals surface area contributed by atoms with Crippen LogP contribution in [-0.2, 0) is 22.3 Å². The molecule has 13 nitrogen and oxygen atoms in total. The Morgan fingerprint density at radius 1 is 0.789 bits per heavy atom. The van der Waals surface area contributed by atoms with Gasteiger partial charge in [-0.15, -0.1) is 0 Å².